The standard InChI is InChI=1S/C9H12N4O3/c1-5(8(10)14)11-7-4-3-6(12-13-7)9(15)16-2/h3-5H,1-2H3,(H2,10,14)(H,11,13). The highest BCUT2D eigenvalue weighted by Gasteiger charge is 2.11. The van der Waals surface area contributed by atoms with Crippen LogP contribution in [-0.4, -0.2) is 35.2 Å². The van der Waals surface area contributed by atoms with E-state index in [4.69, 9.17) is 5.73 Å². The van der Waals surface area contributed by atoms with Crippen LogP contribution < -0.4 is 11.1 Å². The number of anilines is 1. The minimum Gasteiger partial charge on any atom is -0.464 e. The molecule has 1 atom stereocenters. The SMILES string of the molecule is COC(=O)c1ccc(NC(C)C(N)=O)nn1. The number of hydrogen-bond acceptors (Lipinski definition) is 6. The van der Waals surface area contributed by atoms with E-state index in [0.29, 0.717) is 5.82 Å². The lowest BCUT2D eigenvalue weighted by molar-refractivity contribution is -0.118. The third kappa shape index (κ3) is 2.91. The van der Waals surface area contributed by atoms with E-state index in [1.165, 1.54) is 19.2 Å². The van der Waals surface area contributed by atoms with Gasteiger partial charge in [0.15, 0.2) is 5.69 Å². The van der Waals surface area contributed by atoms with E-state index < -0.39 is 17.9 Å². The van der Waals surface area contributed by atoms with Gasteiger partial charge in [0.1, 0.15) is 11.9 Å². The maximum Gasteiger partial charge on any atom is 0.358 e. The first-order valence-electron chi connectivity index (χ1n) is 4.52. The lowest BCUT2D eigenvalue weighted by Gasteiger charge is -2.09. The topological polar surface area (TPSA) is 107 Å². The molecule has 16 heavy (non-hydrogen) atoms. The zero-order chi connectivity index (χ0) is 12.1. The second-order valence-electron chi connectivity index (χ2n) is 3.06. The van der Waals surface area contributed by atoms with Gasteiger partial charge in [-0.05, 0) is 19.1 Å². The molecule has 1 amide bonds. The second kappa shape index (κ2) is 5.06. The number of aromatic nitrogens is 2. The Morgan fingerprint density at radius 2 is 2.12 bits per heavy atom. The van der Waals surface area contributed by atoms with Crippen LogP contribution >= 0.6 is 0 Å². The fourth-order valence-electron chi connectivity index (χ4n) is 0.916. The number of nitrogens with zero attached hydrogens (tertiary/aromatic N) is 2. The molecule has 0 aliphatic heterocycles. The lowest BCUT2D eigenvalue weighted by atomic mass is 10.3. The van der Waals surface area contributed by atoms with E-state index in [1.54, 1.807) is 6.92 Å². The molecule has 7 heteroatoms. The molecule has 0 radical (unpaired) electrons. The van der Waals surface area contributed by atoms with Gasteiger partial charge in [-0.25, -0.2) is 4.79 Å². The van der Waals surface area contributed by atoms with Crippen molar-refractivity contribution in [3.63, 3.8) is 0 Å². The third-order valence-electron chi connectivity index (χ3n) is 1.85. The highest BCUT2D eigenvalue weighted by molar-refractivity contribution is 5.87. The maximum atomic E-state index is 11.0. The predicted molar refractivity (Wildman–Crippen MR) is 55.7 cm³/mol. The first-order chi connectivity index (χ1) is 7.54. The Morgan fingerprint density at radius 3 is 2.56 bits per heavy atom. The van der Waals surface area contributed by atoms with Crippen molar-refractivity contribution in [1.29, 1.82) is 0 Å². The molecule has 3 N–H and O–H groups in total. The van der Waals surface area contributed by atoms with Gasteiger partial charge in [-0.15, -0.1) is 10.2 Å². The van der Waals surface area contributed by atoms with Crippen molar-refractivity contribution in [2.45, 2.75) is 13.0 Å². The fourth-order valence-corrected chi connectivity index (χ4v) is 0.916. The van der Waals surface area contributed by atoms with E-state index in [9.17, 15) is 9.59 Å². The number of ether oxygens (including phenoxy) is 1. The van der Waals surface area contributed by atoms with Crippen LogP contribution in [0.3, 0.4) is 0 Å². The third-order valence-corrected chi connectivity index (χ3v) is 1.85. The highest BCUT2D eigenvalue weighted by Crippen LogP contribution is 2.04. The Morgan fingerprint density at radius 1 is 1.44 bits per heavy atom. The van der Waals surface area contributed by atoms with Crippen molar-refractivity contribution in [2.24, 2.45) is 5.73 Å². The van der Waals surface area contributed by atoms with Crippen molar-refractivity contribution in [2.75, 3.05) is 12.4 Å². The maximum absolute atomic E-state index is 11.0. The normalized spacial score (nSPS) is 11.6. The van der Waals surface area contributed by atoms with E-state index in [2.05, 4.69) is 20.3 Å². The van der Waals surface area contributed by atoms with Crippen molar-refractivity contribution in [3.8, 4) is 0 Å². The zero-order valence-electron chi connectivity index (χ0n) is 8.93. The average Bonchev–Trinajstić information content (AvgIpc) is 2.28. The van der Waals surface area contributed by atoms with Gasteiger partial charge in [-0.2, -0.15) is 0 Å². The fraction of sp³-hybridized carbons (Fsp3) is 0.333. The number of nitrogens with two attached hydrogens (primary N) is 1. The molecule has 86 valence electrons. The van der Waals surface area contributed by atoms with Crippen LogP contribution in [0.15, 0.2) is 12.1 Å². The molecule has 0 fully saturated rings. The van der Waals surface area contributed by atoms with Crippen LogP contribution in [0.1, 0.15) is 17.4 Å². The van der Waals surface area contributed by atoms with E-state index in [1.807, 2.05) is 0 Å². The smallest absolute Gasteiger partial charge is 0.358 e. The number of nitrogens with one attached hydrogen (secondary N) is 1. The summed E-state index contributed by atoms with van der Waals surface area (Å²) in [6.07, 6.45) is 0. The van der Waals surface area contributed by atoms with Gasteiger partial charge in [0, 0.05) is 0 Å². The molecule has 7 nitrogen and oxygen atoms in total. The number of methoxy groups -OCH3 is 1. The van der Waals surface area contributed by atoms with Crippen LogP contribution in [0.5, 0.6) is 0 Å². The van der Waals surface area contributed by atoms with E-state index >= 15 is 0 Å². The molecule has 1 unspecified atom stereocenters. The number of rotatable bonds is 4. The van der Waals surface area contributed by atoms with Crippen molar-refractivity contribution < 1.29 is 14.3 Å². The second-order valence-corrected chi connectivity index (χ2v) is 3.06. The van der Waals surface area contributed by atoms with Gasteiger partial charge in [0.05, 0.1) is 7.11 Å². The molecule has 0 aromatic carbocycles. The number of primary amides is 1. The van der Waals surface area contributed by atoms with Gasteiger partial charge in [-0.3, -0.25) is 4.79 Å². The summed E-state index contributed by atoms with van der Waals surface area (Å²) in [5.74, 6) is -0.709. The minimum atomic E-state index is -0.568. The lowest BCUT2D eigenvalue weighted by Crippen LogP contribution is -2.32. The van der Waals surface area contributed by atoms with Gasteiger partial charge in [0.25, 0.3) is 0 Å². The van der Waals surface area contributed by atoms with Crippen LogP contribution in [-0.2, 0) is 9.53 Å². The first-order valence-corrected chi connectivity index (χ1v) is 4.52. The Balaban J connectivity index is 2.72. The number of carbonyl (C=O) groups is 2. The van der Waals surface area contributed by atoms with Crippen LogP contribution in [0.2, 0.25) is 0 Å². The average molecular weight is 224 g/mol. The zero-order valence-corrected chi connectivity index (χ0v) is 8.93. The molecule has 1 heterocycles. The monoisotopic (exact) mass is 224 g/mol. The van der Waals surface area contributed by atoms with E-state index in [0.717, 1.165) is 0 Å². The number of carbonyl (C=O) groups excluding carboxylic acids is 2. The molecule has 0 saturated carbocycles. The summed E-state index contributed by atoms with van der Waals surface area (Å²) in [6.45, 7) is 1.60. The largest absolute Gasteiger partial charge is 0.464 e. The Kier molecular flexibility index (Phi) is 3.76. The molecule has 1 aromatic rings. The molecule has 0 spiro atoms. The molecule has 0 bridgehead atoms. The van der Waals surface area contributed by atoms with E-state index in [-0.39, 0.29) is 5.69 Å². The summed E-state index contributed by atoms with van der Waals surface area (Å²) < 4.78 is 4.46. The quantitative estimate of drug-likeness (QED) is 0.670. The minimum absolute atomic E-state index is 0.0970. The van der Waals surface area contributed by atoms with Crippen LogP contribution in [0, 0.1) is 0 Å². The van der Waals surface area contributed by atoms with Gasteiger partial charge < -0.3 is 15.8 Å². The molecule has 0 aliphatic carbocycles. The Bertz CT molecular complexity index is 390. The van der Waals surface area contributed by atoms with Crippen molar-refractivity contribution in [1.82, 2.24) is 10.2 Å². The van der Waals surface area contributed by atoms with Crippen LogP contribution in [0.25, 0.3) is 0 Å². The number of amides is 1. The first kappa shape index (κ1) is 11.9. The molecule has 0 aliphatic rings. The predicted octanol–water partition coefficient (Wildman–Crippen LogP) is -0.451. The summed E-state index contributed by atoms with van der Waals surface area (Å²) in [7, 11) is 1.26. The molecular formula is C9H12N4O3. The van der Waals surface area contributed by atoms with Crippen molar-refractivity contribution >= 4 is 17.7 Å². The van der Waals surface area contributed by atoms with Gasteiger partial charge in [0.2, 0.25) is 5.91 Å². The van der Waals surface area contributed by atoms with Gasteiger partial charge in [-0.1, -0.05) is 0 Å². The Labute approximate surface area is 92.0 Å². The van der Waals surface area contributed by atoms with Crippen molar-refractivity contribution in [3.05, 3.63) is 17.8 Å². The van der Waals surface area contributed by atoms with Crippen LogP contribution in [0.4, 0.5) is 5.82 Å². The number of esters is 1. The summed E-state index contributed by atoms with van der Waals surface area (Å²) >= 11 is 0. The molecule has 1 rings (SSSR count). The Hall–Kier alpha value is -2.18. The summed E-state index contributed by atoms with van der Waals surface area (Å²) in [5, 5.41) is 10.0. The molecule has 1 aromatic heterocycles. The molecule has 0 saturated heterocycles. The summed E-state index contributed by atoms with van der Waals surface area (Å²) in [6, 6.07) is 2.39. The summed E-state index contributed by atoms with van der Waals surface area (Å²) in [4.78, 5) is 21.8. The highest BCUT2D eigenvalue weighted by atomic mass is 16.5. The summed E-state index contributed by atoms with van der Waals surface area (Å²) in [5.41, 5.74) is 5.16. The van der Waals surface area contributed by atoms with Gasteiger partial charge >= 0.3 is 5.97 Å². The molecular weight excluding hydrogens is 212 g/mol. The number of hydrogen-bond donors (Lipinski definition) is 2.